The van der Waals surface area contributed by atoms with E-state index in [4.69, 9.17) is 5.73 Å². The molecule has 3 atom stereocenters. The van der Waals surface area contributed by atoms with E-state index in [-0.39, 0.29) is 6.04 Å². The zero-order chi connectivity index (χ0) is 13.8. The van der Waals surface area contributed by atoms with Gasteiger partial charge in [0.15, 0.2) is 0 Å². The third kappa shape index (κ3) is 3.80. The molecule has 0 radical (unpaired) electrons. The van der Waals surface area contributed by atoms with E-state index >= 15 is 0 Å². The standard InChI is InChI=1S/C17H28N2/c1-4-5-15-6-8-16(9-7-15)17(18)12-19-11-13(2)10-14(19)3/h6-9,13-14,17H,4-5,10-12,18H2,1-3H3. The Morgan fingerprint density at radius 1 is 1.26 bits per heavy atom. The molecule has 19 heavy (non-hydrogen) atoms. The van der Waals surface area contributed by atoms with Crippen molar-refractivity contribution in [1.82, 2.24) is 4.90 Å². The van der Waals surface area contributed by atoms with Crippen molar-refractivity contribution in [2.45, 2.75) is 52.1 Å². The van der Waals surface area contributed by atoms with Crippen molar-refractivity contribution in [3.63, 3.8) is 0 Å². The van der Waals surface area contributed by atoms with Crippen LogP contribution in [0.15, 0.2) is 24.3 Å². The summed E-state index contributed by atoms with van der Waals surface area (Å²) in [6.45, 7) is 9.05. The fraction of sp³-hybridized carbons (Fsp3) is 0.647. The van der Waals surface area contributed by atoms with Gasteiger partial charge in [-0.15, -0.1) is 0 Å². The van der Waals surface area contributed by atoms with Crippen LogP contribution in [0.4, 0.5) is 0 Å². The highest BCUT2D eigenvalue weighted by molar-refractivity contribution is 5.25. The Morgan fingerprint density at radius 2 is 1.95 bits per heavy atom. The Labute approximate surface area is 118 Å². The van der Waals surface area contributed by atoms with Crippen molar-refractivity contribution in [2.75, 3.05) is 13.1 Å². The molecule has 3 unspecified atom stereocenters. The third-order valence-electron chi connectivity index (χ3n) is 4.29. The first-order chi connectivity index (χ1) is 9.10. The molecule has 106 valence electrons. The largest absolute Gasteiger partial charge is 0.323 e. The minimum Gasteiger partial charge on any atom is -0.323 e. The molecule has 1 fully saturated rings. The molecule has 2 N–H and O–H groups in total. The average Bonchev–Trinajstić information content (AvgIpc) is 2.69. The first kappa shape index (κ1) is 14.5. The lowest BCUT2D eigenvalue weighted by Gasteiger charge is -2.25. The molecule has 2 nitrogen and oxygen atoms in total. The molecule has 1 heterocycles. The van der Waals surface area contributed by atoms with Gasteiger partial charge in [0.1, 0.15) is 0 Å². The summed E-state index contributed by atoms with van der Waals surface area (Å²) in [4.78, 5) is 2.54. The fourth-order valence-corrected chi connectivity index (χ4v) is 3.22. The highest BCUT2D eigenvalue weighted by Crippen LogP contribution is 2.24. The van der Waals surface area contributed by atoms with E-state index in [0.29, 0.717) is 6.04 Å². The SMILES string of the molecule is CCCc1ccc(C(N)CN2CC(C)CC2C)cc1. The number of aryl methyl sites for hydroxylation is 1. The quantitative estimate of drug-likeness (QED) is 0.879. The Hall–Kier alpha value is -0.860. The van der Waals surface area contributed by atoms with Gasteiger partial charge in [0.05, 0.1) is 0 Å². The lowest BCUT2D eigenvalue weighted by Crippen LogP contribution is -2.34. The molecule has 0 saturated carbocycles. The van der Waals surface area contributed by atoms with E-state index in [2.05, 4.69) is 49.9 Å². The number of likely N-dealkylation sites (tertiary alicyclic amines) is 1. The second-order valence-electron chi connectivity index (χ2n) is 6.24. The van der Waals surface area contributed by atoms with Crippen LogP contribution in [-0.4, -0.2) is 24.0 Å². The van der Waals surface area contributed by atoms with Crippen LogP contribution in [0.3, 0.4) is 0 Å². The van der Waals surface area contributed by atoms with Gasteiger partial charge in [0.25, 0.3) is 0 Å². The zero-order valence-electron chi connectivity index (χ0n) is 12.6. The van der Waals surface area contributed by atoms with Crippen molar-refractivity contribution in [2.24, 2.45) is 11.7 Å². The highest BCUT2D eigenvalue weighted by Gasteiger charge is 2.27. The number of hydrogen-bond acceptors (Lipinski definition) is 2. The highest BCUT2D eigenvalue weighted by atomic mass is 15.2. The lowest BCUT2D eigenvalue weighted by atomic mass is 10.0. The van der Waals surface area contributed by atoms with E-state index in [1.807, 2.05) is 0 Å². The maximum atomic E-state index is 6.36. The molecule has 0 spiro atoms. The number of rotatable bonds is 5. The monoisotopic (exact) mass is 260 g/mol. The molecule has 2 rings (SSSR count). The van der Waals surface area contributed by atoms with Crippen LogP contribution in [0.2, 0.25) is 0 Å². The van der Waals surface area contributed by atoms with Crippen LogP contribution in [0.5, 0.6) is 0 Å². The van der Waals surface area contributed by atoms with Crippen molar-refractivity contribution in [1.29, 1.82) is 0 Å². The smallest absolute Gasteiger partial charge is 0.0424 e. The van der Waals surface area contributed by atoms with Crippen molar-refractivity contribution in [3.05, 3.63) is 35.4 Å². The maximum Gasteiger partial charge on any atom is 0.0424 e. The van der Waals surface area contributed by atoms with Crippen LogP contribution in [0.25, 0.3) is 0 Å². The van der Waals surface area contributed by atoms with Gasteiger partial charge in [-0.05, 0) is 36.8 Å². The van der Waals surface area contributed by atoms with Crippen LogP contribution < -0.4 is 5.73 Å². The third-order valence-corrected chi connectivity index (χ3v) is 4.29. The minimum atomic E-state index is 0.142. The van der Waals surface area contributed by atoms with E-state index in [9.17, 15) is 0 Å². The molecule has 2 heteroatoms. The van der Waals surface area contributed by atoms with Crippen LogP contribution >= 0.6 is 0 Å². The van der Waals surface area contributed by atoms with Crippen LogP contribution in [0.1, 0.15) is 50.8 Å². The number of benzene rings is 1. The van der Waals surface area contributed by atoms with E-state index in [0.717, 1.165) is 18.9 Å². The van der Waals surface area contributed by atoms with Gasteiger partial charge in [-0.25, -0.2) is 0 Å². The molecule has 1 aromatic rings. The summed E-state index contributed by atoms with van der Waals surface area (Å²) in [6, 6.07) is 9.70. The molecule has 1 aliphatic rings. The summed E-state index contributed by atoms with van der Waals surface area (Å²) in [5, 5.41) is 0. The van der Waals surface area contributed by atoms with Crippen molar-refractivity contribution < 1.29 is 0 Å². The molecule has 1 aliphatic heterocycles. The Bertz CT molecular complexity index is 385. The molecule has 0 bridgehead atoms. The molecule has 0 aromatic heterocycles. The lowest BCUT2D eigenvalue weighted by molar-refractivity contribution is 0.249. The van der Waals surface area contributed by atoms with Crippen molar-refractivity contribution >= 4 is 0 Å². The second kappa shape index (κ2) is 6.53. The summed E-state index contributed by atoms with van der Waals surface area (Å²) < 4.78 is 0. The van der Waals surface area contributed by atoms with Crippen LogP contribution in [-0.2, 0) is 6.42 Å². The summed E-state index contributed by atoms with van der Waals surface area (Å²) in [5.74, 6) is 0.814. The molecular formula is C17H28N2. The van der Waals surface area contributed by atoms with Gasteiger partial charge < -0.3 is 5.73 Å². The van der Waals surface area contributed by atoms with Crippen LogP contribution in [0, 0.1) is 5.92 Å². The van der Waals surface area contributed by atoms with Gasteiger partial charge in [-0.1, -0.05) is 44.5 Å². The average molecular weight is 260 g/mol. The van der Waals surface area contributed by atoms with E-state index in [1.54, 1.807) is 0 Å². The Kier molecular flexibility index (Phi) is 5.00. The summed E-state index contributed by atoms with van der Waals surface area (Å²) in [5.41, 5.74) is 9.05. The van der Waals surface area contributed by atoms with Gasteiger partial charge in [0, 0.05) is 25.2 Å². The van der Waals surface area contributed by atoms with Crippen molar-refractivity contribution in [3.8, 4) is 0 Å². The van der Waals surface area contributed by atoms with Gasteiger partial charge in [0.2, 0.25) is 0 Å². The van der Waals surface area contributed by atoms with E-state index in [1.165, 1.54) is 30.5 Å². The number of nitrogens with two attached hydrogens (primary N) is 1. The van der Waals surface area contributed by atoms with Gasteiger partial charge in [-0.2, -0.15) is 0 Å². The Balaban J connectivity index is 1.94. The van der Waals surface area contributed by atoms with Gasteiger partial charge >= 0.3 is 0 Å². The zero-order valence-corrected chi connectivity index (χ0v) is 12.6. The predicted octanol–water partition coefficient (Wildman–Crippen LogP) is 3.37. The number of nitrogens with zero attached hydrogens (tertiary/aromatic N) is 1. The molecule has 1 saturated heterocycles. The summed E-state index contributed by atoms with van der Waals surface area (Å²) >= 11 is 0. The van der Waals surface area contributed by atoms with Gasteiger partial charge in [-0.3, -0.25) is 4.90 Å². The Morgan fingerprint density at radius 3 is 2.47 bits per heavy atom. The first-order valence-electron chi connectivity index (χ1n) is 7.68. The summed E-state index contributed by atoms with van der Waals surface area (Å²) in [6.07, 6.45) is 3.67. The maximum absolute atomic E-state index is 6.36. The topological polar surface area (TPSA) is 29.3 Å². The molecule has 0 aliphatic carbocycles. The molecular weight excluding hydrogens is 232 g/mol. The molecule has 0 amide bonds. The fourth-order valence-electron chi connectivity index (χ4n) is 3.22. The minimum absolute atomic E-state index is 0.142. The normalized spacial score (nSPS) is 25.7. The summed E-state index contributed by atoms with van der Waals surface area (Å²) in [7, 11) is 0. The first-order valence-corrected chi connectivity index (χ1v) is 7.68. The van der Waals surface area contributed by atoms with E-state index < -0.39 is 0 Å². The second-order valence-corrected chi connectivity index (χ2v) is 6.24. The predicted molar refractivity (Wildman–Crippen MR) is 82.2 cm³/mol. The molecule has 1 aromatic carbocycles. The number of hydrogen-bond donors (Lipinski definition) is 1.